The van der Waals surface area contributed by atoms with E-state index >= 15 is 0 Å². The molecule has 0 unspecified atom stereocenters. The van der Waals surface area contributed by atoms with Crippen LogP contribution in [0.1, 0.15) is 22.3 Å². The molecule has 2 aromatic carbocycles. The largest absolute Gasteiger partial charge is 0.508 e. The van der Waals surface area contributed by atoms with E-state index in [0.29, 0.717) is 24.0 Å². The lowest BCUT2D eigenvalue weighted by molar-refractivity contribution is 0.440. The first-order valence-corrected chi connectivity index (χ1v) is 7.31. The average molecular weight is 308 g/mol. The molecule has 0 fully saturated rings. The van der Waals surface area contributed by atoms with Crippen LogP contribution in [0.5, 0.6) is 17.2 Å². The van der Waals surface area contributed by atoms with Gasteiger partial charge in [0, 0.05) is 5.56 Å². The highest BCUT2D eigenvalue weighted by atomic mass is 16.3. The van der Waals surface area contributed by atoms with Gasteiger partial charge in [0.2, 0.25) is 0 Å². The van der Waals surface area contributed by atoms with Crippen molar-refractivity contribution in [1.29, 1.82) is 0 Å². The lowest BCUT2D eigenvalue weighted by Crippen LogP contribution is -1.86. The number of benzene rings is 2. The van der Waals surface area contributed by atoms with Crippen LogP contribution in [0.25, 0.3) is 12.2 Å². The lowest BCUT2D eigenvalue weighted by atomic mass is 10.0. The van der Waals surface area contributed by atoms with Gasteiger partial charge in [-0.15, -0.1) is 13.2 Å². The standard InChI is InChI=1S/C20H20O3/c1-3-5-16-11-14(9-10-18(16)21)7-8-15-12-19(22)17(6-4-2)20(23)13-15/h3-4,7-13,21-23H,1-2,5-6H2/b8-7+. The number of aromatic hydroxyl groups is 3. The topological polar surface area (TPSA) is 60.7 Å². The van der Waals surface area contributed by atoms with Crippen LogP contribution in [0.3, 0.4) is 0 Å². The maximum absolute atomic E-state index is 9.97. The van der Waals surface area contributed by atoms with Crippen LogP contribution in [0.15, 0.2) is 55.6 Å². The number of hydrogen-bond acceptors (Lipinski definition) is 3. The number of rotatable bonds is 6. The highest BCUT2D eigenvalue weighted by Crippen LogP contribution is 2.30. The smallest absolute Gasteiger partial charge is 0.123 e. The van der Waals surface area contributed by atoms with Crippen LogP contribution >= 0.6 is 0 Å². The Kier molecular flexibility index (Phi) is 5.26. The third-order valence-electron chi connectivity index (χ3n) is 3.51. The zero-order valence-electron chi connectivity index (χ0n) is 12.9. The van der Waals surface area contributed by atoms with Crippen molar-refractivity contribution >= 4 is 12.2 Å². The molecule has 2 aromatic rings. The third kappa shape index (κ3) is 4.04. The van der Waals surface area contributed by atoms with Crippen molar-refractivity contribution in [3.63, 3.8) is 0 Å². The molecule has 0 aliphatic rings. The Morgan fingerprint density at radius 3 is 1.96 bits per heavy atom. The second-order valence-corrected chi connectivity index (χ2v) is 5.24. The van der Waals surface area contributed by atoms with Gasteiger partial charge in [0.25, 0.3) is 0 Å². The molecule has 0 bridgehead atoms. The van der Waals surface area contributed by atoms with E-state index in [9.17, 15) is 15.3 Å². The molecule has 118 valence electrons. The number of phenols is 3. The van der Waals surface area contributed by atoms with E-state index < -0.39 is 0 Å². The lowest BCUT2D eigenvalue weighted by Gasteiger charge is -2.07. The van der Waals surface area contributed by atoms with Gasteiger partial charge in [-0.05, 0) is 53.8 Å². The molecule has 3 heteroatoms. The molecular weight excluding hydrogens is 288 g/mol. The van der Waals surface area contributed by atoms with Crippen LogP contribution in [0.4, 0.5) is 0 Å². The predicted molar refractivity (Wildman–Crippen MR) is 94.6 cm³/mol. The van der Waals surface area contributed by atoms with Gasteiger partial charge in [-0.2, -0.15) is 0 Å². The molecule has 3 nitrogen and oxygen atoms in total. The van der Waals surface area contributed by atoms with Crippen molar-refractivity contribution < 1.29 is 15.3 Å². The van der Waals surface area contributed by atoms with Crippen LogP contribution in [0, 0.1) is 0 Å². The summed E-state index contributed by atoms with van der Waals surface area (Å²) in [6.07, 6.45) is 8.00. The molecular formula is C20H20O3. The molecule has 0 aliphatic heterocycles. The maximum atomic E-state index is 9.97. The summed E-state index contributed by atoms with van der Waals surface area (Å²) in [6, 6.07) is 8.50. The monoisotopic (exact) mass is 308 g/mol. The van der Waals surface area contributed by atoms with Crippen molar-refractivity contribution in [3.05, 3.63) is 77.9 Å². The van der Waals surface area contributed by atoms with E-state index in [2.05, 4.69) is 13.2 Å². The zero-order valence-corrected chi connectivity index (χ0v) is 12.9. The van der Waals surface area contributed by atoms with Gasteiger partial charge in [0.05, 0.1) is 0 Å². The van der Waals surface area contributed by atoms with Crippen LogP contribution in [-0.4, -0.2) is 15.3 Å². The number of hydrogen-bond donors (Lipinski definition) is 3. The summed E-state index contributed by atoms with van der Waals surface area (Å²) in [5.74, 6) is 0.330. The van der Waals surface area contributed by atoms with Crippen molar-refractivity contribution in [1.82, 2.24) is 0 Å². The van der Waals surface area contributed by atoms with E-state index in [1.807, 2.05) is 12.1 Å². The van der Waals surface area contributed by atoms with Crippen molar-refractivity contribution in [2.75, 3.05) is 0 Å². The third-order valence-corrected chi connectivity index (χ3v) is 3.51. The van der Waals surface area contributed by atoms with Gasteiger partial charge in [-0.25, -0.2) is 0 Å². The first-order valence-electron chi connectivity index (χ1n) is 7.31. The van der Waals surface area contributed by atoms with E-state index in [0.717, 1.165) is 11.1 Å². The fourth-order valence-corrected chi connectivity index (χ4v) is 2.33. The summed E-state index contributed by atoms with van der Waals surface area (Å²) in [7, 11) is 0. The highest BCUT2D eigenvalue weighted by Gasteiger charge is 2.07. The summed E-state index contributed by atoms with van der Waals surface area (Å²) < 4.78 is 0. The zero-order chi connectivity index (χ0) is 16.8. The van der Waals surface area contributed by atoms with E-state index in [4.69, 9.17) is 0 Å². The van der Waals surface area contributed by atoms with E-state index in [-0.39, 0.29) is 17.2 Å². The van der Waals surface area contributed by atoms with Crippen LogP contribution in [-0.2, 0) is 12.8 Å². The average Bonchev–Trinajstić information content (AvgIpc) is 2.52. The molecule has 0 amide bonds. The summed E-state index contributed by atoms with van der Waals surface area (Å²) in [4.78, 5) is 0. The molecule has 3 N–H and O–H groups in total. The second-order valence-electron chi connectivity index (χ2n) is 5.24. The Morgan fingerprint density at radius 1 is 0.739 bits per heavy atom. The van der Waals surface area contributed by atoms with Gasteiger partial charge in [0.1, 0.15) is 17.2 Å². The molecule has 0 saturated heterocycles. The number of phenolic OH excluding ortho intramolecular Hbond substituents is 3. The molecule has 0 radical (unpaired) electrons. The van der Waals surface area contributed by atoms with Gasteiger partial charge in [-0.1, -0.05) is 30.4 Å². The Labute approximate surface area is 136 Å². The van der Waals surface area contributed by atoms with E-state index in [1.165, 1.54) is 0 Å². The highest BCUT2D eigenvalue weighted by molar-refractivity contribution is 5.72. The molecule has 23 heavy (non-hydrogen) atoms. The van der Waals surface area contributed by atoms with Gasteiger partial charge in [0.15, 0.2) is 0 Å². The van der Waals surface area contributed by atoms with Gasteiger partial charge in [-0.3, -0.25) is 0 Å². The minimum absolute atomic E-state index is 0.0441. The molecule has 0 aliphatic carbocycles. The molecule has 2 rings (SSSR count). The summed E-state index contributed by atoms with van der Waals surface area (Å²) in [5.41, 5.74) is 2.86. The molecule has 0 atom stereocenters. The first kappa shape index (κ1) is 16.4. The Hall–Kier alpha value is -2.94. The fourth-order valence-electron chi connectivity index (χ4n) is 2.33. The molecule has 0 heterocycles. The Morgan fingerprint density at radius 2 is 1.35 bits per heavy atom. The molecule has 0 aromatic heterocycles. The quantitative estimate of drug-likeness (QED) is 0.546. The first-order chi connectivity index (χ1) is 11.0. The number of allylic oxidation sites excluding steroid dienone is 2. The Balaban J connectivity index is 2.28. The van der Waals surface area contributed by atoms with E-state index in [1.54, 1.807) is 42.5 Å². The minimum atomic E-state index is 0.0441. The van der Waals surface area contributed by atoms with Crippen molar-refractivity contribution in [3.8, 4) is 17.2 Å². The molecule has 0 spiro atoms. The normalized spacial score (nSPS) is 10.8. The summed E-state index contributed by atoms with van der Waals surface area (Å²) in [5, 5.41) is 29.7. The maximum Gasteiger partial charge on any atom is 0.123 e. The van der Waals surface area contributed by atoms with Crippen LogP contribution < -0.4 is 0 Å². The second kappa shape index (κ2) is 7.36. The Bertz CT molecular complexity index is 734. The molecule has 0 saturated carbocycles. The summed E-state index contributed by atoms with van der Waals surface area (Å²) in [6.45, 7) is 7.27. The fraction of sp³-hybridized carbons (Fsp3) is 0.100. The van der Waals surface area contributed by atoms with Crippen molar-refractivity contribution in [2.45, 2.75) is 12.8 Å². The minimum Gasteiger partial charge on any atom is -0.508 e. The van der Waals surface area contributed by atoms with Gasteiger partial charge < -0.3 is 15.3 Å². The van der Waals surface area contributed by atoms with Gasteiger partial charge >= 0.3 is 0 Å². The summed E-state index contributed by atoms with van der Waals surface area (Å²) >= 11 is 0. The predicted octanol–water partition coefficient (Wildman–Crippen LogP) is 4.43. The van der Waals surface area contributed by atoms with Crippen molar-refractivity contribution in [2.24, 2.45) is 0 Å². The SMILES string of the molecule is C=CCc1cc(/C=C/c2cc(O)c(CC=C)c(O)c2)ccc1O. The van der Waals surface area contributed by atoms with Crippen LogP contribution in [0.2, 0.25) is 0 Å².